The number of nitrogens with one attached hydrogen (secondary N) is 1. The van der Waals surface area contributed by atoms with Crippen LogP contribution in [0.15, 0.2) is 47.4 Å². The summed E-state index contributed by atoms with van der Waals surface area (Å²) < 4.78 is 31.9. The molecule has 2 rings (SSSR count). The van der Waals surface area contributed by atoms with E-state index < -0.39 is 25.5 Å². The van der Waals surface area contributed by atoms with Gasteiger partial charge < -0.3 is 4.74 Å². The predicted octanol–water partition coefficient (Wildman–Crippen LogP) is 2.74. The molecule has 0 aromatic heterocycles. The number of hydrogen-bond acceptors (Lipinski definition) is 5. The molecule has 0 saturated carbocycles. The first-order valence-electron chi connectivity index (χ1n) is 6.40. The maximum Gasteiger partial charge on any atom is 0.293 e. The van der Waals surface area contributed by atoms with Gasteiger partial charge >= 0.3 is 0 Å². The number of methoxy groups -OCH3 is 1. The van der Waals surface area contributed by atoms with Crippen LogP contribution < -0.4 is 9.46 Å². The Labute approximate surface area is 138 Å². The summed E-state index contributed by atoms with van der Waals surface area (Å²) in [6.45, 7) is -0.0782. The summed E-state index contributed by atoms with van der Waals surface area (Å²) in [7, 11) is -2.75. The molecule has 0 saturated heterocycles. The first-order valence-corrected chi connectivity index (χ1v) is 8.27. The van der Waals surface area contributed by atoms with Crippen molar-refractivity contribution in [2.24, 2.45) is 0 Å². The molecule has 122 valence electrons. The minimum Gasteiger partial charge on any atom is -0.497 e. The monoisotopic (exact) mass is 356 g/mol. The standard InChI is InChI=1S/C14H13ClN2O5S/c1-22-11-6-7-14(13(8-11)17(18)19)23(20,21)16-9-10-4-2-3-5-12(10)15/h2-8,16H,9H2,1H3. The number of nitrogens with zero attached hydrogens (tertiary/aromatic N) is 1. The average Bonchev–Trinajstić information content (AvgIpc) is 2.53. The zero-order chi connectivity index (χ0) is 17.0. The third-order valence-electron chi connectivity index (χ3n) is 3.06. The highest BCUT2D eigenvalue weighted by molar-refractivity contribution is 7.89. The Morgan fingerprint density at radius 2 is 1.96 bits per heavy atom. The van der Waals surface area contributed by atoms with Crippen molar-refractivity contribution in [2.75, 3.05) is 7.11 Å². The molecule has 23 heavy (non-hydrogen) atoms. The number of ether oxygens (including phenoxy) is 1. The minimum absolute atomic E-state index is 0.0782. The van der Waals surface area contributed by atoms with E-state index in [-0.39, 0.29) is 12.3 Å². The summed E-state index contributed by atoms with van der Waals surface area (Å²) in [5, 5.41) is 11.5. The number of halogens is 1. The van der Waals surface area contributed by atoms with Gasteiger partial charge in [-0.3, -0.25) is 10.1 Å². The van der Waals surface area contributed by atoms with Crippen LogP contribution in [0.1, 0.15) is 5.56 Å². The van der Waals surface area contributed by atoms with Gasteiger partial charge in [-0.2, -0.15) is 0 Å². The van der Waals surface area contributed by atoms with Crippen LogP contribution in [0, 0.1) is 10.1 Å². The molecule has 0 spiro atoms. The molecule has 0 fully saturated rings. The van der Waals surface area contributed by atoms with Crippen LogP contribution >= 0.6 is 11.6 Å². The average molecular weight is 357 g/mol. The van der Waals surface area contributed by atoms with Crippen LogP contribution in [0.2, 0.25) is 5.02 Å². The molecular weight excluding hydrogens is 344 g/mol. The van der Waals surface area contributed by atoms with Gasteiger partial charge in [-0.25, -0.2) is 13.1 Å². The normalized spacial score (nSPS) is 11.2. The lowest BCUT2D eigenvalue weighted by atomic mass is 10.2. The molecule has 2 aromatic carbocycles. The van der Waals surface area contributed by atoms with Crippen LogP contribution in [0.4, 0.5) is 5.69 Å². The highest BCUT2D eigenvalue weighted by Gasteiger charge is 2.26. The van der Waals surface area contributed by atoms with Crippen molar-refractivity contribution in [1.82, 2.24) is 4.72 Å². The van der Waals surface area contributed by atoms with Gasteiger partial charge in [0, 0.05) is 11.6 Å². The van der Waals surface area contributed by atoms with Crippen molar-refractivity contribution < 1.29 is 18.1 Å². The quantitative estimate of drug-likeness (QED) is 0.633. The molecule has 0 radical (unpaired) electrons. The molecule has 0 aliphatic carbocycles. The Balaban J connectivity index is 2.33. The Morgan fingerprint density at radius 3 is 2.57 bits per heavy atom. The summed E-state index contributed by atoms with van der Waals surface area (Å²) >= 11 is 5.96. The van der Waals surface area contributed by atoms with Gasteiger partial charge in [0.2, 0.25) is 10.0 Å². The number of hydrogen-bond donors (Lipinski definition) is 1. The molecule has 1 N–H and O–H groups in total. The van der Waals surface area contributed by atoms with Gasteiger partial charge in [0.1, 0.15) is 5.75 Å². The molecule has 0 atom stereocenters. The lowest BCUT2D eigenvalue weighted by Gasteiger charge is -2.09. The molecule has 7 nitrogen and oxygen atoms in total. The smallest absolute Gasteiger partial charge is 0.293 e. The van der Waals surface area contributed by atoms with Gasteiger partial charge in [-0.15, -0.1) is 0 Å². The van der Waals surface area contributed by atoms with Crippen molar-refractivity contribution in [1.29, 1.82) is 0 Å². The van der Waals surface area contributed by atoms with Crippen LogP contribution in [-0.4, -0.2) is 20.5 Å². The third-order valence-corrected chi connectivity index (χ3v) is 4.88. The molecule has 0 amide bonds. The SMILES string of the molecule is COc1ccc(S(=O)(=O)NCc2ccccc2Cl)c([N+](=O)[O-])c1. The number of nitro benzene ring substituents is 1. The van der Waals surface area contributed by atoms with Gasteiger partial charge in [0.15, 0.2) is 4.90 Å². The molecule has 0 heterocycles. The highest BCUT2D eigenvalue weighted by atomic mass is 35.5. The fourth-order valence-corrected chi connectivity index (χ4v) is 3.25. The van der Waals surface area contributed by atoms with E-state index in [1.807, 2.05) is 0 Å². The first-order chi connectivity index (χ1) is 10.8. The largest absolute Gasteiger partial charge is 0.497 e. The number of sulfonamides is 1. The summed E-state index contributed by atoms with van der Waals surface area (Å²) in [6.07, 6.45) is 0. The van der Waals surface area contributed by atoms with E-state index in [2.05, 4.69) is 4.72 Å². The van der Waals surface area contributed by atoms with E-state index in [1.165, 1.54) is 13.2 Å². The Morgan fingerprint density at radius 1 is 1.26 bits per heavy atom. The molecule has 0 bridgehead atoms. The topological polar surface area (TPSA) is 98.5 Å². The number of nitro groups is 1. The summed E-state index contributed by atoms with van der Waals surface area (Å²) in [5.74, 6) is 0.196. The van der Waals surface area contributed by atoms with E-state index in [1.54, 1.807) is 24.3 Å². The molecular formula is C14H13ClN2O5S. The fraction of sp³-hybridized carbons (Fsp3) is 0.143. The number of benzene rings is 2. The van der Waals surface area contributed by atoms with Crippen molar-refractivity contribution in [3.05, 3.63) is 63.2 Å². The van der Waals surface area contributed by atoms with Gasteiger partial charge in [-0.05, 0) is 23.8 Å². The summed E-state index contributed by atoms with van der Waals surface area (Å²) in [5.41, 5.74) is 0.00455. The van der Waals surface area contributed by atoms with Crippen LogP contribution in [0.3, 0.4) is 0 Å². The van der Waals surface area contributed by atoms with Crippen molar-refractivity contribution in [3.63, 3.8) is 0 Å². The third kappa shape index (κ3) is 3.98. The second kappa shape index (κ2) is 6.95. The van der Waals surface area contributed by atoms with Crippen molar-refractivity contribution in [3.8, 4) is 5.75 Å². The van der Waals surface area contributed by atoms with Gasteiger partial charge in [-0.1, -0.05) is 29.8 Å². The van der Waals surface area contributed by atoms with E-state index in [0.717, 1.165) is 12.1 Å². The Kier molecular flexibility index (Phi) is 5.19. The fourth-order valence-electron chi connectivity index (χ4n) is 1.89. The minimum atomic E-state index is -4.08. The lowest BCUT2D eigenvalue weighted by molar-refractivity contribution is -0.387. The van der Waals surface area contributed by atoms with Gasteiger partial charge in [0.05, 0.1) is 18.1 Å². The van der Waals surface area contributed by atoms with E-state index >= 15 is 0 Å². The zero-order valence-corrected chi connectivity index (χ0v) is 13.6. The summed E-state index contributed by atoms with van der Waals surface area (Å²) in [4.78, 5) is 9.90. The molecule has 0 aliphatic rings. The van der Waals surface area contributed by atoms with Crippen molar-refractivity contribution in [2.45, 2.75) is 11.4 Å². The maximum absolute atomic E-state index is 12.3. The Bertz CT molecular complexity index is 839. The first kappa shape index (κ1) is 17.2. The molecule has 0 unspecified atom stereocenters. The zero-order valence-electron chi connectivity index (χ0n) is 12.0. The van der Waals surface area contributed by atoms with Crippen LogP contribution in [-0.2, 0) is 16.6 Å². The van der Waals surface area contributed by atoms with Gasteiger partial charge in [0.25, 0.3) is 5.69 Å². The second-order valence-electron chi connectivity index (χ2n) is 4.51. The number of rotatable bonds is 6. The van der Waals surface area contributed by atoms with E-state index in [0.29, 0.717) is 10.6 Å². The van der Waals surface area contributed by atoms with E-state index in [9.17, 15) is 18.5 Å². The van der Waals surface area contributed by atoms with Crippen molar-refractivity contribution >= 4 is 27.3 Å². The summed E-state index contributed by atoms with van der Waals surface area (Å²) in [6, 6.07) is 10.3. The van der Waals surface area contributed by atoms with E-state index in [4.69, 9.17) is 16.3 Å². The Hall–Kier alpha value is -2.16. The van der Waals surface area contributed by atoms with Crippen LogP contribution in [0.25, 0.3) is 0 Å². The predicted molar refractivity (Wildman–Crippen MR) is 85.1 cm³/mol. The molecule has 0 aliphatic heterocycles. The maximum atomic E-state index is 12.3. The van der Waals surface area contributed by atoms with Crippen LogP contribution in [0.5, 0.6) is 5.75 Å². The molecule has 9 heteroatoms. The molecule has 2 aromatic rings. The highest BCUT2D eigenvalue weighted by Crippen LogP contribution is 2.28. The second-order valence-corrected chi connectivity index (χ2v) is 6.65. The lowest BCUT2D eigenvalue weighted by Crippen LogP contribution is -2.24.